The smallest absolute Gasteiger partial charge is 0.239 e. The van der Waals surface area contributed by atoms with Gasteiger partial charge in [-0.3, -0.25) is 4.79 Å². The van der Waals surface area contributed by atoms with Crippen molar-refractivity contribution in [1.29, 1.82) is 0 Å². The van der Waals surface area contributed by atoms with Crippen molar-refractivity contribution in [1.82, 2.24) is 4.90 Å². The molecule has 0 spiro atoms. The number of hydrogen-bond donors (Lipinski definition) is 1. The van der Waals surface area contributed by atoms with Crippen LogP contribution in [-0.2, 0) is 11.3 Å². The summed E-state index contributed by atoms with van der Waals surface area (Å²) >= 11 is 3.41. The Bertz CT molecular complexity index is 423. The van der Waals surface area contributed by atoms with E-state index in [4.69, 9.17) is 10.5 Å². The van der Waals surface area contributed by atoms with Crippen LogP contribution >= 0.6 is 15.9 Å². The number of amides is 1. The van der Waals surface area contributed by atoms with Gasteiger partial charge in [0.2, 0.25) is 5.91 Å². The van der Waals surface area contributed by atoms with Gasteiger partial charge in [-0.2, -0.15) is 0 Å². The summed E-state index contributed by atoms with van der Waals surface area (Å²) < 4.78 is 6.24. The summed E-state index contributed by atoms with van der Waals surface area (Å²) in [6.07, 6.45) is 0.638. The molecule has 0 aliphatic rings. The number of nitrogens with zero attached hydrogens (tertiary/aromatic N) is 1. The maximum Gasteiger partial charge on any atom is 0.239 e. The minimum atomic E-state index is -0.437. The van der Waals surface area contributed by atoms with Crippen molar-refractivity contribution in [3.05, 3.63) is 28.2 Å². The summed E-state index contributed by atoms with van der Waals surface area (Å²) in [7, 11) is 3.37. The number of nitrogens with two attached hydrogens (primary N) is 1. The van der Waals surface area contributed by atoms with E-state index >= 15 is 0 Å². The van der Waals surface area contributed by atoms with Crippen molar-refractivity contribution in [2.24, 2.45) is 5.73 Å². The standard InChI is InChI=1S/C13H19BrN2O2/c1-4-11(15)13(17)16(2)8-9-7-10(14)5-6-12(9)18-3/h5-7,11H,4,8,15H2,1-3H3. The molecule has 100 valence electrons. The highest BCUT2D eigenvalue weighted by Gasteiger charge is 2.17. The highest BCUT2D eigenvalue weighted by atomic mass is 79.9. The van der Waals surface area contributed by atoms with E-state index in [0.29, 0.717) is 13.0 Å². The number of ether oxygens (including phenoxy) is 1. The Morgan fingerprint density at radius 2 is 2.22 bits per heavy atom. The van der Waals surface area contributed by atoms with Crippen LogP contribution in [0.25, 0.3) is 0 Å². The average Bonchev–Trinajstić information content (AvgIpc) is 2.37. The van der Waals surface area contributed by atoms with Crippen LogP contribution in [0.3, 0.4) is 0 Å². The molecular formula is C13H19BrN2O2. The summed E-state index contributed by atoms with van der Waals surface area (Å²) in [5, 5.41) is 0. The van der Waals surface area contributed by atoms with Gasteiger partial charge in [0.25, 0.3) is 0 Å². The Hall–Kier alpha value is -1.07. The van der Waals surface area contributed by atoms with Crippen molar-refractivity contribution >= 4 is 21.8 Å². The second-order valence-corrected chi connectivity index (χ2v) is 5.08. The molecule has 1 aromatic carbocycles. The van der Waals surface area contributed by atoms with E-state index in [1.807, 2.05) is 25.1 Å². The van der Waals surface area contributed by atoms with Gasteiger partial charge < -0.3 is 15.4 Å². The molecule has 18 heavy (non-hydrogen) atoms. The number of halogens is 1. The Kier molecular flexibility index (Phi) is 5.62. The highest BCUT2D eigenvalue weighted by molar-refractivity contribution is 9.10. The molecule has 0 heterocycles. The van der Waals surface area contributed by atoms with Gasteiger partial charge in [0.15, 0.2) is 0 Å². The zero-order valence-corrected chi connectivity index (χ0v) is 12.5. The first kappa shape index (κ1) is 15.0. The largest absolute Gasteiger partial charge is 0.496 e. The quantitative estimate of drug-likeness (QED) is 0.906. The third-order valence-corrected chi connectivity index (χ3v) is 3.28. The van der Waals surface area contributed by atoms with Gasteiger partial charge in [0.1, 0.15) is 5.75 Å². The molecule has 0 bridgehead atoms. The van der Waals surface area contributed by atoms with Crippen LogP contribution in [0.5, 0.6) is 5.75 Å². The van der Waals surface area contributed by atoms with Crippen LogP contribution in [0.15, 0.2) is 22.7 Å². The van der Waals surface area contributed by atoms with Gasteiger partial charge in [0.05, 0.1) is 13.2 Å². The topological polar surface area (TPSA) is 55.6 Å². The number of carbonyl (C=O) groups excluding carboxylic acids is 1. The minimum absolute atomic E-state index is 0.0560. The molecule has 0 saturated heterocycles. The molecule has 1 unspecified atom stereocenters. The van der Waals surface area contributed by atoms with Gasteiger partial charge >= 0.3 is 0 Å². The normalized spacial score (nSPS) is 12.1. The lowest BCUT2D eigenvalue weighted by Crippen LogP contribution is -2.40. The maximum atomic E-state index is 11.9. The van der Waals surface area contributed by atoms with Gasteiger partial charge in [0, 0.05) is 23.6 Å². The van der Waals surface area contributed by atoms with Crippen molar-refractivity contribution < 1.29 is 9.53 Å². The minimum Gasteiger partial charge on any atom is -0.496 e. The number of carbonyl (C=O) groups is 1. The van der Waals surface area contributed by atoms with Crippen LogP contribution in [0.4, 0.5) is 0 Å². The zero-order valence-electron chi connectivity index (χ0n) is 10.9. The van der Waals surface area contributed by atoms with E-state index in [1.165, 1.54) is 0 Å². The van der Waals surface area contributed by atoms with E-state index < -0.39 is 6.04 Å². The predicted molar refractivity (Wildman–Crippen MR) is 75.4 cm³/mol. The summed E-state index contributed by atoms with van der Waals surface area (Å²) in [6.45, 7) is 2.38. The lowest BCUT2D eigenvalue weighted by molar-refractivity contribution is -0.131. The molecule has 0 saturated carbocycles. The van der Waals surface area contributed by atoms with Gasteiger partial charge in [-0.15, -0.1) is 0 Å². The Balaban J connectivity index is 2.83. The molecule has 1 aromatic rings. The Labute approximate surface area is 116 Å². The molecular weight excluding hydrogens is 296 g/mol. The molecule has 1 amide bonds. The fraction of sp³-hybridized carbons (Fsp3) is 0.462. The third-order valence-electron chi connectivity index (χ3n) is 2.78. The number of benzene rings is 1. The summed E-state index contributed by atoms with van der Waals surface area (Å²) in [5.41, 5.74) is 6.69. The van der Waals surface area contributed by atoms with Gasteiger partial charge in [-0.1, -0.05) is 22.9 Å². The van der Waals surface area contributed by atoms with Crippen molar-refractivity contribution in [3.8, 4) is 5.75 Å². The molecule has 0 aromatic heterocycles. The van der Waals surface area contributed by atoms with E-state index in [-0.39, 0.29) is 5.91 Å². The average molecular weight is 315 g/mol. The highest BCUT2D eigenvalue weighted by Crippen LogP contribution is 2.24. The van der Waals surface area contributed by atoms with E-state index in [2.05, 4.69) is 15.9 Å². The van der Waals surface area contributed by atoms with Crippen LogP contribution in [0.2, 0.25) is 0 Å². The van der Waals surface area contributed by atoms with Gasteiger partial charge in [-0.25, -0.2) is 0 Å². The molecule has 1 atom stereocenters. The molecule has 0 fully saturated rings. The van der Waals surface area contributed by atoms with Crippen molar-refractivity contribution in [2.45, 2.75) is 25.9 Å². The third kappa shape index (κ3) is 3.71. The van der Waals surface area contributed by atoms with E-state index in [0.717, 1.165) is 15.8 Å². The van der Waals surface area contributed by atoms with Gasteiger partial charge in [-0.05, 0) is 24.6 Å². The molecule has 0 aliphatic carbocycles. The van der Waals surface area contributed by atoms with Crippen LogP contribution < -0.4 is 10.5 Å². The second kappa shape index (κ2) is 6.75. The number of methoxy groups -OCH3 is 1. The molecule has 2 N–H and O–H groups in total. The Morgan fingerprint density at radius 1 is 1.56 bits per heavy atom. The zero-order chi connectivity index (χ0) is 13.7. The maximum absolute atomic E-state index is 11.9. The summed E-state index contributed by atoms with van der Waals surface area (Å²) in [5.74, 6) is 0.711. The monoisotopic (exact) mass is 314 g/mol. The second-order valence-electron chi connectivity index (χ2n) is 4.17. The lowest BCUT2D eigenvalue weighted by atomic mass is 10.1. The number of likely N-dealkylation sites (N-methyl/N-ethyl adjacent to an activating group) is 1. The van der Waals surface area contributed by atoms with E-state index in [9.17, 15) is 4.79 Å². The first-order chi connectivity index (χ1) is 8.49. The molecule has 0 radical (unpaired) electrons. The fourth-order valence-electron chi connectivity index (χ4n) is 1.66. The summed E-state index contributed by atoms with van der Waals surface area (Å²) in [4.78, 5) is 13.5. The molecule has 1 rings (SSSR count). The van der Waals surface area contributed by atoms with Crippen molar-refractivity contribution in [2.75, 3.05) is 14.2 Å². The SMILES string of the molecule is CCC(N)C(=O)N(C)Cc1cc(Br)ccc1OC. The Morgan fingerprint density at radius 3 is 2.78 bits per heavy atom. The first-order valence-electron chi connectivity index (χ1n) is 5.82. The van der Waals surface area contributed by atoms with Crippen LogP contribution in [0, 0.1) is 0 Å². The molecule has 4 nitrogen and oxygen atoms in total. The van der Waals surface area contributed by atoms with E-state index in [1.54, 1.807) is 19.1 Å². The number of hydrogen-bond acceptors (Lipinski definition) is 3. The van der Waals surface area contributed by atoms with Crippen LogP contribution in [0.1, 0.15) is 18.9 Å². The first-order valence-corrected chi connectivity index (χ1v) is 6.61. The lowest BCUT2D eigenvalue weighted by Gasteiger charge is -2.21. The fourth-order valence-corrected chi connectivity index (χ4v) is 2.07. The molecule has 5 heteroatoms. The van der Waals surface area contributed by atoms with Crippen molar-refractivity contribution in [3.63, 3.8) is 0 Å². The molecule has 0 aliphatic heterocycles. The summed E-state index contributed by atoms with van der Waals surface area (Å²) in [6, 6.07) is 5.28. The number of rotatable bonds is 5. The predicted octanol–water partition coefficient (Wildman–Crippen LogP) is 2.15. The van der Waals surface area contributed by atoms with Crippen LogP contribution in [-0.4, -0.2) is 31.0 Å².